The van der Waals surface area contributed by atoms with Crippen LogP contribution in [0.25, 0.3) is 0 Å². The van der Waals surface area contributed by atoms with Crippen LogP contribution >= 0.6 is 0 Å². The van der Waals surface area contributed by atoms with Crippen LogP contribution in [0.5, 0.6) is 0 Å². The standard InChI is InChI=1S/C17H31N3O2/c1-12(18-16(22)13-6-5-7-13)15(21)19-14-8-10-20(11-9-14)17(2,3)4/h12-14H,5-11H2,1-4H3,(H,18,22)(H,19,21). The number of amides is 2. The number of nitrogens with one attached hydrogen (secondary N) is 2. The Hall–Kier alpha value is -1.10. The summed E-state index contributed by atoms with van der Waals surface area (Å²) in [6.45, 7) is 10.5. The lowest BCUT2D eigenvalue weighted by Gasteiger charge is -2.41. The van der Waals surface area contributed by atoms with Crippen molar-refractivity contribution in [2.75, 3.05) is 13.1 Å². The van der Waals surface area contributed by atoms with Gasteiger partial charge in [0.25, 0.3) is 0 Å². The van der Waals surface area contributed by atoms with E-state index in [0.29, 0.717) is 0 Å². The highest BCUT2D eigenvalue weighted by molar-refractivity contribution is 5.88. The molecule has 2 rings (SSSR count). The molecule has 0 spiro atoms. The number of carbonyl (C=O) groups is 2. The van der Waals surface area contributed by atoms with Gasteiger partial charge in [-0.2, -0.15) is 0 Å². The number of hydrogen-bond acceptors (Lipinski definition) is 3. The Morgan fingerprint density at radius 3 is 2.14 bits per heavy atom. The Labute approximate surface area is 134 Å². The first-order valence-electron chi connectivity index (χ1n) is 8.63. The summed E-state index contributed by atoms with van der Waals surface area (Å²) in [5.41, 5.74) is 0.193. The minimum absolute atomic E-state index is 0.0384. The van der Waals surface area contributed by atoms with Crippen molar-refractivity contribution in [3.63, 3.8) is 0 Å². The monoisotopic (exact) mass is 309 g/mol. The summed E-state index contributed by atoms with van der Waals surface area (Å²) in [6.07, 6.45) is 5.01. The van der Waals surface area contributed by atoms with Gasteiger partial charge in [-0.15, -0.1) is 0 Å². The van der Waals surface area contributed by atoms with Crippen LogP contribution in [-0.4, -0.2) is 47.4 Å². The van der Waals surface area contributed by atoms with Gasteiger partial charge in [0.1, 0.15) is 6.04 Å². The molecule has 0 bridgehead atoms. The topological polar surface area (TPSA) is 61.4 Å². The third-order valence-corrected chi connectivity index (χ3v) is 5.02. The third kappa shape index (κ3) is 4.45. The first-order chi connectivity index (χ1) is 10.3. The van der Waals surface area contributed by atoms with Gasteiger partial charge in [-0.1, -0.05) is 6.42 Å². The molecule has 1 heterocycles. The molecule has 2 amide bonds. The lowest BCUT2D eigenvalue weighted by atomic mass is 9.84. The molecule has 1 saturated carbocycles. The zero-order chi connectivity index (χ0) is 16.3. The van der Waals surface area contributed by atoms with Gasteiger partial charge in [0, 0.05) is 30.6 Å². The highest BCUT2D eigenvalue weighted by atomic mass is 16.2. The normalized spacial score (nSPS) is 22.7. The molecule has 0 aromatic carbocycles. The van der Waals surface area contributed by atoms with E-state index in [4.69, 9.17) is 0 Å². The fourth-order valence-electron chi connectivity index (χ4n) is 3.09. The number of carbonyl (C=O) groups excluding carboxylic acids is 2. The zero-order valence-electron chi connectivity index (χ0n) is 14.4. The van der Waals surface area contributed by atoms with Crippen molar-refractivity contribution in [2.45, 2.75) is 77.4 Å². The maximum atomic E-state index is 12.2. The van der Waals surface area contributed by atoms with E-state index in [9.17, 15) is 9.59 Å². The Bertz CT molecular complexity index is 405. The van der Waals surface area contributed by atoms with Crippen LogP contribution < -0.4 is 10.6 Å². The summed E-state index contributed by atoms with van der Waals surface area (Å²) in [6, 6.07) is -0.206. The number of piperidine rings is 1. The minimum Gasteiger partial charge on any atom is -0.351 e. The van der Waals surface area contributed by atoms with E-state index in [0.717, 1.165) is 45.2 Å². The van der Waals surface area contributed by atoms with Crippen LogP contribution in [0.15, 0.2) is 0 Å². The molecule has 5 nitrogen and oxygen atoms in total. The first-order valence-corrected chi connectivity index (χ1v) is 8.63. The molecule has 1 atom stereocenters. The van der Waals surface area contributed by atoms with Gasteiger partial charge in [-0.25, -0.2) is 0 Å². The molecule has 2 fully saturated rings. The molecular formula is C17H31N3O2. The molecule has 2 aliphatic rings. The summed E-state index contributed by atoms with van der Waals surface area (Å²) >= 11 is 0. The van der Waals surface area contributed by atoms with Crippen molar-refractivity contribution < 1.29 is 9.59 Å². The van der Waals surface area contributed by atoms with Gasteiger partial charge in [-0.05, 0) is 53.4 Å². The second kappa shape index (κ2) is 6.99. The molecule has 0 radical (unpaired) electrons. The van der Waals surface area contributed by atoms with E-state index in [2.05, 4.69) is 36.3 Å². The van der Waals surface area contributed by atoms with Crippen molar-refractivity contribution in [3.05, 3.63) is 0 Å². The van der Waals surface area contributed by atoms with Gasteiger partial charge >= 0.3 is 0 Å². The average molecular weight is 309 g/mol. The van der Waals surface area contributed by atoms with Crippen LogP contribution in [0.1, 0.15) is 59.8 Å². The van der Waals surface area contributed by atoms with Gasteiger partial charge in [-0.3, -0.25) is 14.5 Å². The predicted molar refractivity (Wildman–Crippen MR) is 87.4 cm³/mol. The fourth-order valence-corrected chi connectivity index (χ4v) is 3.09. The minimum atomic E-state index is -0.436. The smallest absolute Gasteiger partial charge is 0.242 e. The van der Waals surface area contributed by atoms with Crippen LogP contribution in [0.2, 0.25) is 0 Å². The van der Waals surface area contributed by atoms with E-state index < -0.39 is 6.04 Å². The quantitative estimate of drug-likeness (QED) is 0.830. The van der Waals surface area contributed by atoms with Crippen molar-refractivity contribution >= 4 is 11.8 Å². The van der Waals surface area contributed by atoms with E-state index >= 15 is 0 Å². The number of hydrogen-bond donors (Lipinski definition) is 2. The second-order valence-electron chi connectivity index (χ2n) is 7.80. The van der Waals surface area contributed by atoms with Crippen LogP contribution in [0, 0.1) is 5.92 Å². The summed E-state index contributed by atoms with van der Waals surface area (Å²) in [7, 11) is 0. The summed E-state index contributed by atoms with van der Waals surface area (Å²) in [5.74, 6) is 0.114. The first kappa shape index (κ1) is 17.3. The molecule has 2 N–H and O–H groups in total. The van der Waals surface area contributed by atoms with Crippen LogP contribution in [0.3, 0.4) is 0 Å². The number of nitrogens with zero attached hydrogens (tertiary/aromatic N) is 1. The molecule has 5 heteroatoms. The molecule has 0 aromatic rings. The highest BCUT2D eigenvalue weighted by Gasteiger charge is 2.30. The summed E-state index contributed by atoms with van der Waals surface area (Å²) in [5, 5.41) is 5.93. The van der Waals surface area contributed by atoms with E-state index in [1.807, 2.05) is 0 Å². The van der Waals surface area contributed by atoms with Gasteiger partial charge in [0.2, 0.25) is 11.8 Å². The van der Waals surface area contributed by atoms with E-state index in [1.165, 1.54) is 0 Å². The molecule has 0 aromatic heterocycles. The molecule has 1 saturated heterocycles. The zero-order valence-corrected chi connectivity index (χ0v) is 14.4. The molecule has 1 unspecified atom stereocenters. The molecule has 1 aliphatic carbocycles. The van der Waals surface area contributed by atoms with Crippen LogP contribution in [-0.2, 0) is 9.59 Å². The molecule has 22 heavy (non-hydrogen) atoms. The number of rotatable bonds is 4. The van der Waals surface area contributed by atoms with Gasteiger partial charge < -0.3 is 10.6 Å². The average Bonchev–Trinajstić information content (AvgIpc) is 2.35. The summed E-state index contributed by atoms with van der Waals surface area (Å²) < 4.78 is 0. The fraction of sp³-hybridized carbons (Fsp3) is 0.882. The predicted octanol–water partition coefficient (Wildman–Crippen LogP) is 1.67. The third-order valence-electron chi connectivity index (χ3n) is 5.02. The van der Waals surface area contributed by atoms with Gasteiger partial charge in [0.15, 0.2) is 0 Å². The lowest BCUT2D eigenvalue weighted by molar-refractivity contribution is -0.132. The summed E-state index contributed by atoms with van der Waals surface area (Å²) in [4.78, 5) is 26.6. The maximum Gasteiger partial charge on any atom is 0.242 e. The SMILES string of the molecule is CC(NC(=O)C1CCC1)C(=O)NC1CCN(C(C)(C)C)CC1. The van der Waals surface area contributed by atoms with Crippen molar-refractivity contribution in [3.8, 4) is 0 Å². The highest BCUT2D eigenvalue weighted by Crippen LogP contribution is 2.26. The molecular weight excluding hydrogens is 278 g/mol. The van der Waals surface area contributed by atoms with Crippen LogP contribution in [0.4, 0.5) is 0 Å². The second-order valence-corrected chi connectivity index (χ2v) is 7.80. The maximum absolute atomic E-state index is 12.2. The molecule has 126 valence electrons. The lowest BCUT2D eigenvalue weighted by Crippen LogP contribution is -2.54. The molecule has 1 aliphatic heterocycles. The van der Waals surface area contributed by atoms with Crippen molar-refractivity contribution in [1.29, 1.82) is 0 Å². The Kier molecular flexibility index (Phi) is 5.48. The Morgan fingerprint density at radius 1 is 1.09 bits per heavy atom. The van der Waals surface area contributed by atoms with Gasteiger partial charge in [0.05, 0.1) is 0 Å². The van der Waals surface area contributed by atoms with Crippen molar-refractivity contribution in [2.24, 2.45) is 5.92 Å². The van der Waals surface area contributed by atoms with E-state index in [-0.39, 0.29) is 29.3 Å². The van der Waals surface area contributed by atoms with Crippen molar-refractivity contribution in [1.82, 2.24) is 15.5 Å². The Balaban J connectivity index is 1.72. The largest absolute Gasteiger partial charge is 0.351 e. The number of likely N-dealkylation sites (tertiary alicyclic amines) is 1. The van der Waals surface area contributed by atoms with E-state index in [1.54, 1.807) is 6.92 Å². The Morgan fingerprint density at radius 2 is 1.68 bits per heavy atom.